The minimum absolute atomic E-state index is 0.00349. The topological polar surface area (TPSA) is 105 Å². The molecule has 122 valence electrons. The summed E-state index contributed by atoms with van der Waals surface area (Å²) in [5.74, 6) is -0.926. The summed E-state index contributed by atoms with van der Waals surface area (Å²) in [5, 5.41) is 5.03. The first-order valence-electron chi connectivity index (χ1n) is 7.35. The molecule has 0 aliphatic carbocycles. The Morgan fingerprint density at radius 2 is 1.62 bits per heavy atom. The number of nitrogens with two attached hydrogens (primary N) is 1. The number of carbonyl (C=O) groups excluding carboxylic acids is 3. The van der Waals surface area contributed by atoms with Gasteiger partial charge in [-0.3, -0.25) is 14.4 Å². The Kier molecular flexibility index (Phi) is 8.61. The van der Waals surface area contributed by atoms with Gasteiger partial charge in [0.05, 0.1) is 12.6 Å². The molecule has 0 spiro atoms. The summed E-state index contributed by atoms with van der Waals surface area (Å²) in [6.45, 7) is 10.0. The number of nitrogens with zero attached hydrogens (tertiary/aromatic N) is 1. The lowest BCUT2D eigenvalue weighted by Crippen LogP contribution is -2.51. The standard InChI is InChI=1S/C14H28N4O3/c1-6-18(7-2)14(21)10(5)17-11(19)8-16-13(20)12(15)9(3)4/h9-10,12H,6-8,15H2,1-5H3,(H,16,20)(H,17,19)/t10?,12-/m0/s1. The lowest BCUT2D eigenvalue weighted by atomic mass is 10.1. The molecule has 0 aliphatic heterocycles. The van der Waals surface area contributed by atoms with Crippen LogP contribution in [-0.2, 0) is 14.4 Å². The molecule has 7 nitrogen and oxygen atoms in total. The number of hydrogen-bond acceptors (Lipinski definition) is 4. The van der Waals surface area contributed by atoms with Gasteiger partial charge in [0.1, 0.15) is 6.04 Å². The van der Waals surface area contributed by atoms with Crippen molar-refractivity contribution in [3.05, 3.63) is 0 Å². The highest BCUT2D eigenvalue weighted by Gasteiger charge is 2.21. The zero-order valence-electron chi connectivity index (χ0n) is 13.6. The highest BCUT2D eigenvalue weighted by Crippen LogP contribution is 1.97. The zero-order valence-corrected chi connectivity index (χ0v) is 13.6. The zero-order chi connectivity index (χ0) is 16.6. The Morgan fingerprint density at radius 1 is 1.10 bits per heavy atom. The summed E-state index contributed by atoms with van der Waals surface area (Å²) in [5.41, 5.74) is 5.67. The lowest BCUT2D eigenvalue weighted by Gasteiger charge is -2.23. The number of hydrogen-bond donors (Lipinski definition) is 3. The maximum Gasteiger partial charge on any atom is 0.244 e. The molecule has 0 rings (SSSR count). The van der Waals surface area contributed by atoms with Gasteiger partial charge < -0.3 is 21.3 Å². The molecule has 0 bridgehead atoms. The first-order valence-corrected chi connectivity index (χ1v) is 7.35. The maximum absolute atomic E-state index is 12.0. The largest absolute Gasteiger partial charge is 0.346 e. The van der Waals surface area contributed by atoms with Crippen molar-refractivity contribution in [3.63, 3.8) is 0 Å². The third-order valence-electron chi connectivity index (χ3n) is 3.27. The van der Waals surface area contributed by atoms with Crippen LogP contribution in [0.5, 0.6) is 0 Å². The van der Waals surface area contributed by atoms with Crippen LogP contribution in [-0.4, -0.2) is 54.3 Å². The molecule has 2 atom stereocenters. The van der Waals surface area contributed by atoms with Gasteiger partial charge in [0.15, 0.2) is 0 Å². The van der Waals surface area contributed by atoms with Gasteiger partial charge in [-0.1, -0.05) is 13.8 Å². The molecule has 0 saturated carbocycles. The average molecular weight is 300 g/mol. The van der Waals surface area contributed by atoms with Gasteiger partial charge in [-0.05, 0) is 26.7 Å². The van der Waals surface area contributed by atoms with Crippen LogP contribution in [0.3, 0.4) is 0 Å². The van der Waals surface area contributed by atoms with Crippen molar-refractivity contribution in [2.24, 2.45) is 11.7 Å². The molecule has 0 aromatic heterocycles. The van der Waals surface area contributed by atoms with E-state index >= 15 is 0 Å². The Morgan fingerprint density at radius 3 is 2.05 bits per heavy atom. The van der Waals surface area contributed by atoms with Gasteiger partial charge in [-0.15, -0.1) is 0 Å². The third kappa shape index (κ3) is 6.57. The van der Waals surface area contributed by atoms with Crippen LogP contribution in [0.4, 0.5) is 0 Å². The average Bonchev–Trinajstić information content (AvgIpc) is 2.44. The number of likely N-dealkylation sites (N-methyl/N-ethyl adjacent to an activating group) is 1. The molecule has 0 aromatic carbocycles. The molecule has 0 aliphatic rings. The number of carbonyl (C=O) groups is 3. The Balaban J connectivity index is 4.26. The van der Waals surface area contributed by atoms with E-state index in [2.05, 4.69) is 10.6 Å². The highest BCUT2D eigenvalue weighted by atomic mass is 16.2. The first kappa shape index (κ1) is 19.4. The predicted molar refractivity (Wildman–Crippen MR) is 81.4 cm³/mol. The van der Waals surface area contributed by atoms with Crippen molar-refractivity contribution < 1.29 is 14.4 Å². The van der Waals surface area contributed by atoms with Crippen LogP contribution in [0.2, 0.25) is 0 Å². The lowest BCUT2D eigenvalue weighted by molar-refractivity contribution is -0.135. The fraction of sp³-hybridized carbons (Fsp3) is 0.786. The summed E-state index contributed by atoms with van der Waals surface area (Å²) >= 11 is 0. The molecule has 1 unspecified atom stereocenters. The van der Waals surface area contributed by atoms with Crippen molar-refractivity contribution in [3.8, 4) is 0 Å². The second kappa shape index (κ2) is 9.33. The molecule has 7 heteroatoms. The van der Waals surface area contributed by atoms with Crippen LogP contribution in [0.15, 0.2) is 0 Å². The summed E-state index contributed by atoms with van der Waals surface area (Å²) < 4.78 is 0. The van der Waals surface area contributed by atoms with E-state index in [1.807, 2.05) is 27.7 Å². The van der Waals surface area contributed by atoms with Crippen molar-refractivity contribution in [1.82, 2.24) is 15.5 Å². The van der Waals surface area contributed by atoms with Gasteiger partial charge in [0.25, 0.3) is 0 Å². The second-order valence-corrected chi connectivity index (χ2v) is 5.29. The molecular formula is C14H28N4O3. The summed E-state index contributed by atoms with van der Waals surface area (Å²) in [6, 6.07) is -1.26. The normalized spacial score (nSPS) is 13.5. The van der Waals surface area contributed by atoms with E-state index in [0.29, 0.717) is 13.1 Å². The van der Waals surface area contributed by atoms with Gasteiger partial charge in [0.2, 0.25) is 17.7 Å². The quantitative estimate of drug-likeness (QED) is 0.560. The van der Waals surface area contributed by atoms with E-state index in [0.717, 1.165) is 0 Å². The first-order chi connectivity index (χ1) is 9.74. The van der Waals surface area contributed by atoms with Crippen molar-refractivity contribution in [2.45, 2.75) is 46.7 Å². The van der Waals surface area contributed by atoms with Crippen molar-refractivity contribution in [1.29, 1.82) is 0 Å². The van der Waals surface area contributed by atoms with Crippen LogP contribution in [0.25, 0.3) is 0 Å². The van der Waals surface area contributed by atoms with E-state index in [1.54, 1.807) is 11.8 Å². The van der Waals surface area contributed by atoms with Gasteiger partial charge >= 0.3 is 0 Å². The fourth-order valence-corrected chi connectivity index (χ4v) is 1.75. The monoisotopic (exact) mass is 300 g/mol. The molecule has 0 saturated heterocycles. The second-order valence-electron chi connectivity index (χ2n) is 5.29. The van der Waals surface area contributed by atoms with Gasteiger partial charge in [-0.2, -0.15) is 0 Å². The van der Waals surface area contributed by atoms with Gasteiger partial charge in [-0.25, -0.2) is 0 Å². The molecule has 3 amide bonds. The highest BCUT2D eigenvalue weighted by molar-refractivity contribution is 5.90. The van der Waals surface area contributed by atoms with Crippen LogP contribution < -0.4 is 16.4 Å². The van der Waals surface area contributed by atoms with E-state index in [1.165, 1.54) is 0 Å². The smallest absolute Gasteiger partial charge is 0.244 e. The summed E-state index contributed by atoms with van der Waals surface area (Å²) in [7, 11) is 0. The number of amides is 3. The van der Waals surface area contributed by atoms with Crippen LogP contribution >= 0.6 is 0 Å². The Bertz CT molecular complexity index is 367. The van der Waals surface area contributed by atoms with E-state index in [9.17, 15) is 14.4 Å². The third-order valence-corrected chi connectivity index (χ3v) is 3.27. The molecule has 0 fully saturated rings. The minimum Gasteiger partial charge on any atom is -0.346 e. The fourth-order valence-electron chi connectivity index (χ4n) is 1.75. The SMILES string of the molecule is CCN(CC)C(=O)C(C)NC(=O)CNC(=O)[C@@H](N)C(C)C. The van der Waals surface area contributed by atoms with Crippen LogP contribution in [0, 0.1) is 5.92 Å². The molecular weight excluding hydrogens is 272 g/mol. The van der Waals surface area contributed by atoms with E-state index in [-0.39, 0.29) is 24.3 Å². The molecule has 0 aromatic rings. The minimum atomic E-state index is -0.646. The predicted octanol–water partition coefficient (Wildman–Crippen LogP) is -0.541. The van der Waals surface area contributed by atoms with Gasteiger partial charge in [0, 0.05) is 13.1 Å². The summed E-state index contributed by atoms with van der Waals surface area (Å²) in [6.07, 6.45) is 0. The summed E-state index contributed by atoms with van der Waals surface area (Å²) in [4.78, 5) is 37.0. The molecule has 0 radical (unpaired) electrons. The Hall–Kier alpha value is -1.63. The number of nitrogens with one attached hydrogen (secondary N) is 2. The van der Waals surface area contributed by atoms with E-state index in [4.69, 9.17) is 5.73 Å². The van der Waals surface area contributed by atoms with Crippen LogP contribution in [0.1, 0.15) is 34.6 Å². The van der Waals surface area contributed by atoms with Crippen molar-refractivity contribution in [2.75, 3.05) is 19.6 Å². The molecule has 0 heterocycles. The van der Waals surface area contributed by atoms with E-state index < -0.39 is 18.0 Å². The Labute approximate surface area is 126 Å². The number of rotatable bonds is 8. The molecule has 4 N–H and O–H groups in total. The van der Waals surface area contributed by atoms with Crippen molar-refractivity contribution >= 4 is 17.7 Å². The molecule has 21 heavy (non-hydrogen) atoms. The maximum atomic E-state index is 12.0.